The second-order valence-corrected chi connectivity index (χ2v) is 7.48. The van der Waals surface area contributed by atoms with Crippen LogP contribution in [0.3, 0.4) is 0 Å². The van der Waals surface area contributed by atoms with E-state index in [1.807, 2.05) is 6.92 Å². The Morgan fingerprint density at radius 2 is 1.93 bits per heavy atom. The Morgan fingerprint density at radius 1 is 1.13 bits per heavy atom. The number of Topliss-reactive ketones (excluding diaryl/α,β-unsaturated/α-hetero) is 1. The van der Waals surface area contributed by atoms with E-state index in [1.54, 1.807) is 42.5 Å². The second kappa shape index (κ2) is 6.95. The third kappa shape index (κ3) is 2.90. The predicted octanol–water partition coefficient (Wildman–Crippen LogP) is 3.82. The number of carbonyl (C=O) groups is 2. The van der Waals surface area contributed by atoms with Crippen molar-refractivity contribution >= 4 is 17.4 Å². The monoisotopic (exact) mass is 405 g/mol. The van der Waals surface area contributed by atoms with Crippen LogP contribution in [-0.4, -0.2) is 27.8 Å². The highest BCUT2D eigenvalue weighted by Crippen LogP contribution is 2.41. The number of rotatable bonds is 4. The van der Waals surface area contributed by atoms with Gasteiger partial charge in [-0.15, -0.1) is 0 Å². The molecule has 1 N–H and O–H groups in total. The quantitative estimate of drug-likeness (QED) is 0.403. The number of furan rings is 2. The molecule has 0 aliphatic carbocycles. The molecule has 0 spiro atoms. The Bertz CT molecular complexity index is 1140. The number of hydrogen-bond donors (Lipinski definition) is 1. The lowest BCUT2D eigenvalue weighted by molar-refractivity contribution is -0.140. The third-order valence-electron chi connectivity index (χ3n) is 5.43. The molecule has 152 valence electrons. The van der Waals surface area contributed by atoms with Crippen molar-refractivity contribution in [2.24, 2.45) is 0 Å². The Balaban J connectivity index is 1.61. The van der Waals surface area contributed by atoms with Crippen LogP contribution in [0.4, 0.5) is 0 Å². The minimum atomic E-state index is -0.853. The summed E-state index contributed by atoms with van der Waals surface area (Å²) < 4.78 is 16.6. The summed E-state index contributed by atoms with van der Waals surface area (Å²) in [5.74, 6) is -0.0328. The van der Waals surface area contributed by atoms with E-state index < -0.39 is 17.7 Å². The first-order valence-corrected chi connectivity index (χ1v) is 9.67. The molecule has 0 radical (unpaired) electrons. The molecular weight excluding hydrogens is 386 g/mol. The average molecular weight is 405 g/mol. The molecule has 1 fully saturated rings. The van der Waals surface area contributed by atoms with Crippen molar-refractivity contribution in [3.8, 4) is 5.75 Å². The van der Waals surface area contributed by atoms with Gasteiger partial charge in [-0.2, -0.15) is 0 Å². The molecule has 2 aromatic heterocycles. The van der Waals surface area contributed by atoms with Crippen molar-refractivity contribution in [2.75, 3.05) is 0 Å². The summed E-state index contributed by atoms with van der Waals surface area (Å²) in [5, 5.41) is 11.1. The average Bonchev–Trinajstić information content (AvgIpc) is 3.51. The molecule has 2 aliphatic heterocycles. The van der Waals surface area contributed by atoms with Crippen LogP contribution in [0.2, 0.25) is 0 Å². The SMILES string of the molecule is CC1Cc2cc(/C(O)=C3\C(=O)C(=O)N(Cc4ccco4)C3c3ccco3)ccc2O1. The summed E-state index contributed by atoms with van der Waals surface area (Å²) in [7, 11) is 0. The van der Waals surface area contributed by atoms with E-state index in [2.05, 4.69) is 0 Å². The summed E-state index contributed by atoms with van der Waals surface area (Å²) in [5.41, 5.74) is 1.40. The second-order valence-electron chi connectivity index (χ2n) is 7.48. The van der Waals surface area contributed by atoms with E-state index in [4.69, 9.17) is 13.6 Å². The molecule has 2 aliphatic rings. The first-order valence-electron chi connectivity index (χ1n) is 9.67. The molecule has 1 saturated heterocycles. The summed E-state index contributed by atoms with van der Waals surface area (Å²) >= 11 is 0. The number of fused-ring (bicyclic) bond motifs is 1. The maximum Gasteiger partial charge on any atom is 0.296 e. The molecule has 4 heterocycles. The van der Waals surface area contributed by atoms with Gasteiger partial charge in [0.15, 0.2) is 0 Å². The lowest BCUT2D eigenvalue weighted by atomic mass is 9.97. The van der Waals surface area contributed by atoms with Gasteiger partial charge in [-0.3, -0.25) is 9.59 Å². The summed E-state index contributed by atoms with van der Waals surface area (Å²) in [6.45, 7) is 2.05. The molecule has 1 aromatic carbocycles. The molecule has 0 saturated carbocycles. The zero-order chi connectivity index (χ0) is 20.8. The summed E-state index contributed by atoms with van der Waals surface area (Å²) in [4.78, 5) is 27.1. The third-order valence-corrected chi connectivity index (χ3v) is 5.43. The molecular formula is C23H19NO6. The summed E-state index contributed by atoms with van der Waals surface area (Å²) in [6, 6.07) is 11.2. The van der Waals surface area contributed by atoms with Crippen molar-refractivity contribution in [3.63, 3.8) is 0 Å². The fraction of sp³-hybridized carbons (Fsp3) is 0.217. The Labute approximate surface area is 172 Å². The van der Waals surface area contributed by atoms with Crippen LogP contribution < -0.4 is 4.74 Å². The molecule has 7 nitrogen and oxygen atoms in total. The number of aliphatic hydroxyl groups is 1. The van der Waals surface area contributed by atoms with E-state index in [0.717, 1.165) is 11.3 Å². The number of amides is 1. The molecule has 30 heavy (non-hydrogen) atoms. The lowest BCUT2D eigenvalue weighted by Gasteiger charge is -2.22. The maximum absolute atomic E-state index is 12.9. The molecule has 2 atom stereocenters. The zero-order valence-electron chi connectivity index (χ0n) is 16.2. The number of benzene rings is 1. The van der Waals surface area contributed by atoms with Gasteiger partial charge in [0.05, 0.1) is 24.6 Å². The zero-order valence-corrected chi connectivity index (χ0v) is 16.2. The molecule has 3 aromatic rings. The number of likely N-dealkylation sites (tertiary alicyclic amines) is 1. The number of carbonyl (C=O) groups excluding carboxylic acids is 2. The van der Waals surface area contributed by atoms with Gasteiger partial charge in [-0.1, -0.05) is 0 Å². The molecule has 7 heteroatoms. The van der Waals surface area contributed by atoms with Gasteiger partial charge in [0.2, 0.25) is 0 Å². The standard InChI is InChI=1S/C23H19NO6/c1-13-10-15-11-14(6-7-17(15)30-13)21(25)19-20(18-5-3-9-29-18)24(23(27)22(19)26)12-16-4-2-8-28-16/h2-9,11,13,20,25H,10,12H2,1H3/b21-19+. The van der Waals surface area contributed by atoms with E-state index >= 15 is 0 Å². The lowest BCUT2D eigenvalue weighted by Crippen LogP contribution is -2.28. The van der Waals surface area contributed by atoms with Crippen LogP contribution in [0.15, 0.2) is 69.4 Å². The Kier molecular flexibility index (Phi) is 4.24. The largest absolute Gasteiger partial charge is 0.507 e. The highest BCUT2D eigenvalue weighted by Gasteiger charge is 2.47. The van der Waals surface area contributed by atoms with Gasteiger partial charge in [-0.25, -0.2) is 0 Å². The fourth-order valence-corrected chi connectivity index (χ4v) is 4.08. The van der Waals surface area contributed by atoms with Gasteiger partial charge >= 0.3 is 0 Å². The minimum Gasteiger partial charge on any atom is -0.507 e. The predicted molar refractivity (Wildman–Crippen MR) is 105 cm³/mol. The van der Waals surface area contributed by atoms with Gasteiger partial charge in [-0.05, 0) is 55.0 Å². The Morgan fingerprint density at radius 3 is 2.67 bits per heavy atom. The maximum atomic E-state index is 12.9. The van der Waals surface area contributed by atoms with Gasteiger partial charge in [0.25, 0.3) is 11.7 Å². The number of nitrogens with zero attached hydrogens (tertiary/aromatic N) is 1. The molecule has 5 rings (SSSR count). The van der Waals surface area contributed by atoms with Crippen molar-refractivity contribution in [1.82, 2.24) is 4.90 Å². The van der Waals surface area contributed by atoms with Crippen LogP contribution in [0, 0.1) is 0 Å². The minimum absolute atomic E-state index is 0.00609. The normalized spacial score (nSPS) is 22.4. The van der Waals surface area contributed by atoms with E-state index in [9.17, 15) is 14.7 Å². The van der Waals surface area contributed by atoms with Crippen LogP contribution in [0.5, 0.6) is 5.75 Å². The van der Waals surface area contributed by atoms with Crippen LogP contribution >= 0.6 is 0 Å². The first-order chi connectivity index (χ1) is 14.5. The highest BCUT2D eigenvalue weighted by molar-refractivity contribution is 6.46. The van der Waals surface area contributed by atoms with Crippen LogP contribution in [0.25, 0.3) is 5.76 Å². The Hall–Kier alpha value is -3.74. The topological polar surface area (TPSA) is 93.1 Å². The van der Waals surface area contributed by atoms with Crippen molar-refractivity contribution in [1.29, 1.82) is 0 Å². The van der Waals surface area contributed by atoms with Crippen LogP contribution in [0.1, 0.15) is 35.6 Å². The van der Waals surface area contributed by atoms with Crippen molar-refractivity contribution in [3.05, 3.63) is 83.2 Å². The van der Waals surface area contributed by atoms with E-state index in [1.165, 1.54) is 17.4 Å². The van der Waals surface area contributed by atoms with Gasteiger partial charge in [0, 0.05) is 12.0 Å². The fourth-order valence-electron chi connectivity index (χ4n) is 4.08. The number of ketones is 1. The number of aliphatic hydroxyl groups excluding tert-OH is 1. The molecule has 1 amide bonds. The summed E-state index contributed by atoms with van der Waals surface area (Å²) in [6.07, 6.45) is 3.74. The van der Waals surface area contributed by atoms with Crippen LogP contribution in [-0.2, 0) is 22.6 Å². The molecule has 2 unspecified atom stereocenters. The van der Waals surface area contributed by atoms with Gasteiger partial charge in [0.1, 0.15) is 35.2 Å². The smallest absolute Gasteiger partial charge is 0.296 e. The first kappa shape index (κ1) is 18.3. The van der Waals surface area contributed by atoms with Gasteiger partial charge < -0.3 is 23.6 Å². The van der Waals surface area contributed by atoms with Crippen molar-refractivity contribution < 1.29 is 28.3 Å². The number of ether oxygens (including phenoxy) is 1. The molecule has 0 bridgehead atoms. The number of hydrogen-bond acceptors (Lipinski definition) is 6. The van der Waals surface area contributed by atoms with E-state index in [0.29, 0.717) is 23.5 Å². The van der Waals surface area contributed by atoms with Crippen molar-refractivity contribution in [2.45, 2.75) is 32.0 Å². The van der Waals surface area contributed by atoms with E-state index in [-0.39, 0.29) is 24.0 Å². The highest BCUT2D eigenvalue weighted by atomic mass is 16.5.